The van der Waals surface area contributed by atoms with E-state index in [9.17, 15) is 5.11 Å². The molecule has 0 saturated heterocycles. The van der Waals surface area contributed by atoms with E-state index in [1.165, 1.54) is 24.0 Å². The zero-order chi connectivity index (χ0) is 14.4. The van der Waals surface area contributed by atoms with Gasteiger partial charge in [-0.3, -0.25) is 0 Å². The molecule has 0 heterocycles. The van der Waals surface area contributed by atoms with E-state index in [2.05, 4.69) is 17.4 Å². The van der Waals surface area contributed by atoms with Crippen molar-refractivity contribution in [3.05, 3.63) is 34.9 Å². The summed E-state index contributed by atoms with van der Waals surface area (Å²) >= 11 is 0. The third kappa shape index (κ3) is 4.03. The average Bonchev–Trinajstić information content (AvgIpc) is 2.93. The van der Waals surface area contributed by atoms with E-state index in [0.29, 0.717) is 19.8 Å². The average molecular weight is 279 g/mol. The van der Waals surface area contributed by atoms with Crippen LogP contribution in [0.3, 0.4) is 0 Å². The van der Waals surface area contributed by atoms with E-state index in [4.69, 9.17) is 9.84 Å². The minimum absolute atomic E-state index is 0.0211. The maximum absolute atomic E-state index is 10.4. The lowest BCUT2D eigenvalue weighted by atomic mass is 9.99. The Hall–Kier alpha value is -0.940. The van der Waals surface area contributed by atoms with Crippen molar-refractivity contribution < 1.29 is 14.9 Å². The van der Waals surface area contributed by atoms with Crippen LogP contribution in [-0.2, 0) is 17.6 Å². The summed E-state index contributed by atoms with van der Waals surface area (Å²) in [6.07, 6.45) is 3.03. The molecule has 2 unspecified atom stereocenters. The molecule has 0 bridgehead atoms. The molecule has 0 radical (unpaired) electrons. The van der Waals surface area contributed by atoms with Gasteiger partial charge in [0, 0.05) is 12.6 Å². The molecule has 1 aromatic carbocycles. The Labute approximate surface area is 120 Å². The van der Waals surface area contributed by atoms with E-state index in [0.717, 1.165) is 12.0 Å². The molecule has 0 fully saturated rings. The zero-order valence-corrected chi connectivity index (χ0v) is 12.1. The molecule has 0 aliphatic heterocycles. The first kappa shape index (κ1) is 15.4. The number of ether oxygens (including phenoxy) is 1. The highest BCUT2D eigenvalue weighted by atomic mass is 16.5. The number of hydrogen-bond acceptors (Lipinski definition) is 4. The summed E-state index contributed by atoms with van der Waals surface area (Å²) in [5.74, 6) is 0. The van der Waals surface area contributed by atoms with Crippen LogP contribution >= 0.6 is 0 Å². The van der Waals surface area contributed by atoms with Gasteiger partial charge in [0.15, 0.2) is 0 Å². The summed E-state index contributed by atoms with van der Waals surface area (Å²) in [7, 11) is 0. The maximum Gasteiger partial charge on any atom is 0.0940 e. The third-order valence-corrected chi connectivity index (χ3v) is 3.89. The monoisotopic (exact) mass is 279 g/mol. The predicted octanol–water partition coefficient (Wildman–Crippen LogP) is 1.20. The highest BCUT2D eigenvalue weighted by Crippen LogP contribution is 2.26. The number of aliphatic hydroxyl groups excluding tert-OH is 2. The summed E-state index contributed by atoms with van der Waals surface area (Å²) < 4.78 is 5.19. The van der Waals surface area contributed by atoms with E-state index in [1.807, 2.05) is 13.0 Å². The van der Waals surface area contributed by atoms with Crippen molar-refractivity contribution in [2.24, 2.45) is 0 Å². The molecular formula is C16H25NO3. The van der Waals surface area contributed by atoms with E-state index >= 15 is 0 Å². The third-order valence-electron chi connectivity index (χ3n) is 3.89. The Balaban J connectivity index is 1.82. The molecule has 0 amide bonds. The fraction of sp³-hybridized carbons (Fsp3) is 0.625. The van der Waals surface area contributed by atoms with Crippen LogP contribution in [0.5, 0.6) is 0 Å². The second-order valence-electron chi connectivity index (χ2n) is 5.41. The second-order valence-corrected chi connectivity index (χ2v) is 5.41. The minimum Gasteiger partial charge on any atom is -0.394 e. The van der Waals surface area contributed by atoms with Crippen molar-refractivity contribution in [3.63, 3.8) is 0 Å². The molecule has 0 saturated carbocycles. The van der Waals surface area contributed by atoms with Gasteiger partial charge >= 0.3 is 0 Å². The first-order valence-electron chi connectivity index (χ1n) is 7.44. The van der Waals surface area contributed by atoms with Gasteiger partial charge < -0.3 is 20.3 Å². The van der Waals surface area contributed by atoms with Crippen LogP contribution in [0.15, 0.2) is 18.2 Å². The Bertz CT molecular complexity index is 422. The van der Waals surface area contributed by atoms with Crippen LogP contribution in [0.4, 0.5) is 0 Å². The summed E-state index contributed by atoms with van der Waals surface area (Å²) in [5, 5.41) is 22.2. The van der Waals surface area contributed by atoms with Gasteiger partial charge in [-0.15, -0.1) is 0 Å². The number of hydrogen-bond donors (Lipinski definition) is 3. The molecule has 4 nitrogen and oxygen atoms in total. The largest absolute Gasteiger partial charge is 0.394 e. The fourth-order valence-electron chi connectivity index (χ4n) is 2.70. The number of benzene rings is 1. The van der Waals surface area contributed by atoms with Gasteiger partial charge in [-0.25, -0.2) is 0 Å². The topological polar surface area (TPSA) is 61.7 Å². The second kappa shape index (κ2) is 7.74. The molecular weight excluding hydrogens is 254 g/mol. The first-order chi connectivity index (χ1) is 9.72. The Morgan fingerprint density at radius 3 is 2.85 bits per heavy atom. The number of rotatable bonds is 8. The lowest BCUT2D eigenvalue weighted by Gasteiger charge is -2.21. The highest BCUT2D eigenvalue weighted by Gasteiger charge is 2.18. The van der Waals surface area contributed by atoms with Gasteiger partial charge in [-0.2, -0.15) is 0 Å². The molecule has 0 aromatic heterocycles. The van der Waals surface area contributed by atoms with Crippen LogP contribution in [0.25, 0.3) is 0 Å². The van der Waals surface area contributed by atoms with E-state index in [-0.39, 0.29) is 12.6 Å². The Morgan fingerprint density at radius 2 is 2.05 bits per heavy atom. The lowest BCUT2D eigenvalue weighted by Crippen LogP contribution is -2.34. The van der Waals surface area contributed by atoms with Crippen LogP contribution < -0.4 is 5.32 Å². The van der Waals surface area contributed by atoms with E-state index in [1.54, 1.807) is 0 Å². The van der Waals surface area contributed by atoms with Gasteiger partial charge in [-0.05, 0) is 42.9 Å². The quantitative estimate of drug-likeness (QED) is 0.626. The summed E-state index contributed by atoms with van der Waals surface area (Å²) in [4.78, 5) is 0. The molecule has 4 heteroatoms. The van der Waals surface area contributed by atoms with Crippen molar-refractivity contribution in [1.82, 2.24) is 5.32 Å². The van der Waals surface area contributed by atoms with E-state index < -0.39 is 6.10 Å². The molecule has 3 N–H and O–H groups in total. The SMILES string of the molecule is CC(NCCOCCO)C(O)c1ccc2c(c1)CCC2. The lowest BCUT2D eigenvalue weighted by molar-refractivity contribution is 0.0849. The van der Waals surface area contributed by atoms with Crippen LogP contribution in [0, 0.1) is 0 Å². The van der Waals surface area contributed by atoms with Crippen molar-refractivity contribution >= 4 is 0 Å². The zero-order valence-electron chi connectivity index (χ0n) is 12.1. The molecule has 1 aliphatic rings. The van der Waals surface area contributed by atoms with Crippen molar-refractivity contribution in [2.75, 3.05) is 26.4 Å². The number of aryl methyl sites for hydroxylation is 2. The number of nitrogens with one attached hydrogen (secondary N) is 1. The maximum atomic E-state index is 10.4. The fourth-order valence-corrected chi connectivity index (χ4v) is 2.70. The Kier molecular flexibility index (Phi) is 5.98. The summed E-state index contributed by atoms with van der Waals surface area (Å²) in [5.41, 5.74) is 3.81. The summed E-state index contributed by atoms with van der Waals surface area (Å²) in [6, 6.07) is 6.31. The molecule has 2 rings (SSSR count). The van der Waals surface area contributed by atoms with Gasteiger partial charge in [-0.1, -0.05) is 18.2 Å². The van der Waals surface area contributed by atoms with Crippen LogP contribution in [0.1, 0.15) is 36.1 Å². The minimum atomic E-state index is -0.501. The molecule has 2 atom stereocenters. The highest BCUT2D eigenvalue weighted by molar-refractivity contribution is 5.36. The number of fused-ring (bicyclic) bond motifs is 1. The Morgan fingerprint density at radius 1 is 1.25 bits per heavy atom. The van der Waals surface area contributed by atoms with Gasteiger partial charge in [0.25, 0.3) is 0 Å². The predicted molar refractivity (Wildman–Crippen MR) is 78.8 cm³/mol. The first-order valence-corrected chi connectivity index (χ1v) is 7.44. The molecule has 112 valence electrons. The van der Waals surface area contributed by atoms with Crippen LogP contribution in [-0.4, -0.2) is 42.6 Å². The standard InChI is InChI=1S/C16H25NO3/c1-12(17-7-9-20-10-8-18)16(19)15-6-5-13-3-2-4-14(13)11-15/h5-6,11-12,16-19H,2-4,7-10H2,1H3. The van der Waals surface area contributed by atoms with Crippen molar-refractivity contribution in [1.29, 1.82) is 0 Å². The van der Waals surface area contributed by atoms with Crippen LogP contribution in [0.2, 0.25) is 0 Å². The smallest absolute Gasteiger partial charge is 0.0940 e. The molecule has 20 heavy (non-hydrogen) atoms. The van der Waals surface area contributed by atoms with Gasteiger partial charge in [0.2, 0.25) is 0 Å². The van der Waals surface area contributed by atoms with Gasteiger partial charge in [0.1, 0.15) is 0 Å². The normalized spacial score (nSPS) is 16.9. The molecule has 0 spiro atoms. The molecule has 1 aliphatic carbocycles. The summed E-state index contributed by atoms with van der Waals surface area (Å²) in [6.45, 7) is 3.60. The molecule has 1 aromatic rings. The number of aliphatic hydroxyl groups is 2. The van der Waals surface area contributed by atoms with Gasteiger partial charge in [0.05, 0.1) is 25.9 Å². The van der Waals surface area contributed by atoms with Crippen molar-refractivity contribution in [2.45, 2.75) is 38.3 Å². The van der Waals surface area contributed by atoms with Crippen molar-refractivity contribution in [3.8, 4) is 0 Å².